The van der Waals surface area contributed by atoms with Crippen LogP contribution in [0, 0.1) is 5.82 Å². The molecule has 1 N–H and O–H groups in total. The second-order valence-corrected chi connectivity index (χ2v) is 4.48. The molecule has 0 saturated heterocycles. The Bertz CT molecular complexity index is 365. The lowest BCUT2D eigenvalue weighted by molar-refractivity contribution is 0.476. The van der Waals surface area contributed by atoms with Crippen LogP contribution in [0.25, 0.3) is 0 Å². The standard InChI is InChI=1S/C14H19ClFN/c1-3-5-6-14(17-9-4-2)12-8-7-11(15)10-13(12)16/h3,7-8,10,14,17H,1,4-6,9H2,2H3. The Labute approximate surface area is 108 Å². The number of hydrogen-bond acceptors (Lipinski definition) is 1. The first-order chi connectivity index (χ1) is 8.19. The molecule has 0 aliphatic heterocycles. The summed E-state index contributed by atoms with van der Waals surface area (Å²) in [5, 5.41) is 3.78. The van der Waals surface area contributed by atoms with Gasteiger partial charge in [-0.15, -0.1) is 6.58 Å². The molecule has 17 heavy (non-hydrogen) atoms. The maximum atomic E-state index is 13.8. The summed E-state index contributed by atoms with van der Waals surface area (Å²) in [6.07, 6.45) is 4.60. The molecule has 1 nitrogen and oxygen atoms in total. The third-order valence-electron chi connectivity index (χ3n) is 2.64. The molecule has 1 unspecified atom stereocenters. The second-order valence-electron chi connectivity index (χ2n) is 4.04. The topological polar surface area (TPSA) is 12.0 Å². The largest absolute Gasteiger partial charge is 0.310 e. The van der Waals surface area contributed by atoms with Crippen LogP contribution in [0.2, 0.25) is 5.02 Å². The van der Waals surface area contributed by atoms with Crippen LogP contribution in [0.1, 0.15) is 37.8 Å². The zero-order chi connectivity index (χ0) is 12.7. The van der Waals surface area contributed by atoms with Gasteiger partial charge in [0.2, 0.25) is 0 Å². The van der Waals surface area contributed by atoms with E-state index in [4.69, 9.17) is 11.6 Å². The number of halogens is 2. The van der Waals surface area contributed by atoms with E-state index < -0.39 is 0 Å². The van der Waals surface area contributed by atoms with Gasteiger partial charge in [-0.1, -0.05) is 30.7 Å². The zero-order valence-electron chi connectivity index (χ0n) is 10.2. The maximum Gasteiger partial charge on any atom is 0.129 e. The van der Waals surface area contributed by atoms with Crippen LogP contribution >= 0.6 is 11.6 Å². The van der Waals surface area contributed by atoms with Crippen molar-refractivity contribution in [2.75, 3.05) is 6.54 Å². The van der Waals surface area contributed by atoms with Crippen LogP contribution < -0.4 is 5.32 Å². The molecule has 1 atom stereocenters. The fourth-order valence-electron chi connectivity index (χ4n) is 1.75. The van der Waals surface area contributed by atoms with Gasteiger partial charge in [-0.2, -0.15) is 0 Å². The van der Waals surface area contributed by atoms with Gasteiger partial charge in [0, 0.05) is 16.6 Å². The Morgan fingerprint density at radius 3 is 2.88 bits per heavy atom. The molecule has 3 heteroatoms. The Hall–Kier alpha value is -0.860. The summed E-state index contributed by atoms with van der Waals surface area (Å²) in [5.41, 5.74) is 0.685. The van der Waals surface area contributed by atoms with E-state index in [1.165, 1.54) is 6.07 Å². The van der Waals surface area contributed by atoms with E-state index in [0.29, 0.717) is 10.6 Å². The lowest BCUT2D eigenvalue weighted by atomic mass is 10.0. The van der Waals surface area contributed by atoms with Crippen molar-refractivity contribution in [2.24, 2.45) is 0 Å². The van der Waals surface area contributed by atoms with Crippen molar-refractivity contribution in [3.8, 4) is 0 Å². The van der Waals surface area contributed by atoms with Crippen molar-refractivity contribution in [3.05, 3.63) is 47.3 Å². The van der Waals surface area contributed by atoms with Crippen molar-refractivity contribution >= 4 is 11.6 Å². The number of allylic oxidation sites excluding steroid dienone is 1. The van der Waals surface area contributed by atoms with Crippen LogP contribution in [-0.2, 0) is 0 Å². The van der Waals surface area contributed by atoms with Crippen molar-refractivity contribution in [2.45, 2.75) is 32.2 Å². The van der Waals surface area contributed by atoms with Crippen LogP contribution in [0.4, 0.5) is 4.39 Å². The molecule has 0 aromatic heterocycles. The fraction of sp³-hybridized carbons (Fsp3) is 0.429. The normalized spacial score (nSPS) is 12.4. The van der Waals surface area contributed by atoms with E-state index in [1.807, 2.05) is 6.08 Å². The van der Waals surface area contributed by atoms with Crippen molar-refractivity contribution in [3.63, 3.8) is 0 Å². The van der Waals surface area contributed by atoms with Crippen LogP contribution in [-0.4, -0.2) is 6.54 Å². The van der Waals surface area contributed by atoms with Gasteiger partial charge in [0.15, 0.2) is 0 Å². The molecule has 1 aromatic carbocycles. The molecule has 1 aromatic rings. The maximum absolute atomic E-state index is 13.8. The van der Waals surface area contributed by atoms with Crippen molar-refractivity contribution in [1.29, 1.82) is 0 Å². The van der Waals surface area contributed by atoms with Gasteiger partial charge in [0.05, 0.1) is 0 Å². The number of nitrogens with one attached hydrogen (secondary N) is 1. The van der Waals surface area contributed by atoms with Crippen molar-refractivity contribution < 1.29 is 4.39 Å². The lowest BCUT2D eigenvalue weighted by Gasteiger charge is -2.19. The number of benzene rings is 1. The Balaban J connectivity index is 2.82. The van der Waals surface area contributed by atoms with Gasteiger partial charge < -0.3 is 5.32 Å². The molecular weight excluding hydrogens is 237 g/mol. The minimum absolute atomic E-state index is 0.0326. The molecule has 0 aliphatic rings. The predicted octanol–water partition coefficient (Wildman–Crippen LogP) is 4.49. The summed E-state index contributed by atoms with van der Waals surface area (Å²) in [5.74, 6) is -0.241. The van der Waals surface area contributed by atoms with E-state index >= 15 is 0 Å². The van der Waals surface area contributed by atoms with E-state index in [0.717, 1.165) is 25.8 Å². The van der Waals surface area contributed by atoms with Gasteiger partial charge in [-0.05, 0) is 37.9 Å². The van der Waals surface area contributed by atoms with Gasteiger partial charge in [0.1, 0.15) is 5.82 Å². The van der Waals surface area contributed by atoms with Crippen LogP contribution in [0.15, 0.2) is 30.9 Å². The summed E-state index contributed by atoms with van der Waals surface area (Å²) in [6.45, 7) is 6.67. The first kappa shape index (κ1) is 14.2. The minimum atomic E-state index is -0.241. The summed E-state index contributed by atoms with van der Waals surface area (Å²) >= 11 is 5.75. The third kappa shape index (κ3) is 4.49. The summed E-state index contributed by atoms with van der Waals surface area (Å²) in [7, 11) is 0. The van der Waals surface area contributed by atoms with Crippen molar-refractivity contribution in [1.82, 2.24) is 5.32 Å². The molecule has 0 radical (unpaired) electrons. The highest BCUT2D eigenvalue weighted by molar-refractivity contribution is 6.30. The molecule has 1 rings (SSSR count). The fourth-order valence-corrected chi connectivity index (χ4v) is 1.91. The lowest BCUT2D eigenvalue weighted by Crippen LogP contribution is -2.23. The smallest absolute Gasteiger partial charge is 0.129 e. The number of rotatable bonds is 7. The SMILES string of the molecule is C=CCCC(NCCC)c1ccc(Cl)cc1F. The molecule has 0 spiro atoms. The molecule has 94 valence electrons. The predicted molar refractivity (Wildman–Crippen MR) is 71.9 cm³/mol. The van der Waals surface area contributed by atoms with Gasteiger partial charge in [-0.3, -0.25) is 0 Å². The summed E-state index contributed by atoms with van der Waals surface area (Å²) < 4.78 is 13.8. The zero-order valence-corrected chi connectivity index (χ0v) is 10.9. The molecular formula is C14H19ClFN. The van der Waals surface area contributed by atoms with Crippen LogP contribution in [0.3, 0.4) is 0 Å². The molecule has 0 bridgehead atoms. The Morgan fingerprint density at radius 1 is 1.53 bits per heavy atom. The monoisotopic (exact) mass is 255 g/mol. The van der Waals surface area contributed by atoms with E-state index in [9.17, 15) is 4.39 Å². The number of hydrogen-bond donors (Lipinski definition) is 1. The van der Waals surface area contributed by atoms with E-state index in [-0.39, 0.29) is 11.9 Å². The quantitative estimate of drug-likeness (QED) is 0.708. The van der Waals surface area contributed by atoms with E-state index in [1.54, 1.807) is 12.1 Å². The highest BCUT2D eigenvalue weighted by Crippen LogP contribution is 2.24. The van der Waals surface area contributed by atoms with E-state index in [2.05, 4.69) is 18.8 Å². The molecule has 0 fully saturated rings. The highest BCUT2D eigenvalue weighted by Gasteiger charge is 2.14. The summed E-state index contributed by atoms with van der Waals surface area (Å²) in [4.78, 5) is 0. The molecule has 0 heterocycles. The minimum Gasteiger partial charge on any atom is -0.310 e. The molecule has 0 amide bonds. The average molecular weight is 256 g/mol. The molecule has 0 aliphatic carbocycles. The Morgan fingerprint density at radius 2 is 2.29 bits per heavy atom. The molecule has 0 saturated carbocycles. The van der Waals surface area contributed by atoms with Gasteiger partial charge in [0.25, 0.3) is 0 Å². The van der Waals surface area contributed by atoms with Gasteiger partial charge >= 0.3 is 0 Å². The highest BCUT2D eigenvalue weighted by atomic mass is 35.5. The first-order valence-electron chi connectivity index (χ1n) is 5.98. The average Bonchev–Trinajstić information content (AvgIpc) is 2.30. The summed E-state index contributed by atoms with van der Waals surface area (Å²) in [6, 6.07) is 4.89. The first-order valence-corrected chi connectivity index (χ1v) is 6.36. The van der Waals surface area contributed by atoms with Crippen LogP contribution in [0.5, 0.6) is 0 Å². The Kier molecular flexibility index (Phi) is 6.23. The van der Waals surface area contributed by atoms with Gasteiger partial charge in [-0.25, -0.2) is 4.39 Å². The second kappa shape index (κ2) is 7.46. The third-order valence-corrected chi connectivity index (χ3v) is 2.87.